The molecule has 0 aliphatic rings. The van der Waals surface area contributed by atoms with Gasteiger partial charge in [0.15, 0.2) is 0 Å². The molecule has 0 bridgehead atoms. The van der Waals surface area contributed by atoms with Crippen LogP contribution >= 0.6 is 0 Å². The molecule has 0 aliphatic heterocycles. The molecule has 0 saturated heterocycles. The summed E-state index contributed by atoms with van der Waals surface area (Å²) in [5.41, 5.74) is 0.307. The summed E-state index contributed by atoms with van der Waals surface area (Å²) in [4.78, 5) is 23.9. The molecule has 0 spiro atoms. The average Bonchev–Trinajstić information content (AvgIpc) is 2.58. The second kappa shape index (κ2) is 8.24. The van der Waals surface area contributed by atoms with Crippen LogP contribution in [-0.2, 0) is 4.79 Å². The molecule has 2 aromatic rings. The maximum absolute atomic E-state index is 12.8. The third-order valence-corrected chi connectivity index (χ3v) is 3.65. The highest BCUT2D eigenvalue weighted by molar-refractivity contribution is 5.91. The van der Waals surface area contributed by atoms with E-state index in [2.05, 4.69) is 0 Å². The maximum atomic E-state index is 12.8. The third kappa shape index (κ3) is 4.65. The topological polar surface area (TPSA) is 52.6 Å². The molecule has 0 unspecified atom stereocenters. The summed E-state index contributed by atoms with van der Waals surface area (Å²) in [6.45, 7) is 3.87. The molecular weight excluding hydrogens is 311 g/mol. The fourth-order valence-electron chi connectivity index (χ4n) is 2.15. The van der Waals surface area contributed by atoms with Gasteiger partial charge in [0.05, 0.1) is 11.5 Å². The predicted octanol–water partition coefficient (Wildman–Crippen LogP) is 4.39. The Labute approximate surface area is 140 Å². The molecule has 0 heterocycles. The molecule has 0 amide bonds. The second-order valence-corrected chi connectivity index (χ2v) is 5.30. The van der Waals surface area contributed by atoms with Crippen molar-refractivity contribution < 1.29 is 23.5 Å². The Bertz CT molecular complexity index is 688. The number of carbonyl (C=O) groups is 2. The van der Waals surface area contributed by atoms with Gasteiger partial charge in [0.25, 0.3) is 0 Å². The van der Waals surface area contributed by atoms with Crippen molar-refractivity contribution in [2.45, 2.75) is 26.7 Å². The second-order valence-electron chi connectivity index (χ2n) is 5.30. The predicted molar refractivity (Wildman–Crippen MR) is 87.5 cm³/mol. The lowest BCUT2D eigenvalue weighted by molar-refractivity contribution is -0.139. The van der Waals surface area contributed by atoms with Crippen LogP contribution in [0.4, 0.5) is 4.39 Å². The van der Waals surface area contributed by atoms with E-state index in [9.17, 15) is 14.0 Å². The van der Waals surface area contributed by atoms with Gasteiger partial charge in [-0.25, -0.2) is 9.18 Å². The molecular formula is C19H19FO4. The first-order valence-corrected chi connectivity index (χ1v) is 7.83. The number of halogens is 1. The van der Waals surface area contributed by atoms with E-state index in [1.54, 1.807) is 12.1 Å². The summed E-state index contributed by atoms with van der Waals surface area (Å²) in [6.07, 6.45) is 1.44. The van der Waals surface area contributed by atoms with E-state index >= 15 is 0 Å². The van der Waals surface area contributed by atoms with Crippen LogP contribution < -0.4 is 9.47 Å². The molecule has 0 atom stereocenters. The Balaban J connectivity index is 1.99. The molecule has 0 aromatic heterocycles. The smallest absolute Gasteiger partial charge is 0.343 e. The van der Waals surface area contributed by atoms with Crippen molar-refractivity contribution in [1.82, 2.24) is 0 Å². The molecule has 2 rings (SSSR count). The van der Waals surface area contributed by atoms with Crippen molar-refractivity contribution in [1.29, 1.82) is 0 Å². The number of carbonyl (C=O) groups excluding carboxylic acids is 2. The number of hydrogen-bond donors (Lipinski definition) is 0. The van der Waals surface area contributed by atoms with Crippen molar-refractivity contribution in [3.05, 3.63) is 59.9 Å². The summed E-state index contributed by atoms with van der Waals surface area (Å²) in [6, 6.07) is 11.3. The lowest BCUT2D eigenvalue weighted by Crippen LogP contribution is -2.19. The van der Waals surface area contributed by atoms with Gasteiger partial charge in [0, 0.05) is 0 Å². The first-order chi connectivity index (χ1) is 11.5. The Morgan fingerprint density at radius 2 is 1.38 bits per heavy atom. The highest BCUT2D eigenvalue weighted by Crippen LogP contribution is 2.18. The first kappa shape index (κ1) is 17.7. The van der Waals surface area contributed by atoms with Crippen LogP contribution in [-0.4, -0.2) is 11.9 Å². The highest BCUT2D eigenvalue weighted by atomic mass is 19.1. The van der Waals surface area contributed by atoms with Crippen LogP contribution in [0.1, 0.15) is 37.0 Å². The summed E-state index contributed by atoms with van der Waals surface area (Å²) in [7, 11) is 0. The zero-order chi connectivity index (χ0) is 17.5. The van der Waals surface area contributed by atoms with Gasteiger partial charge in [-0.05, 0) is 61.4 Å². The highest BCUT2D eigenvalue weighted by Gasteiger charge is 2.17. The van der Waals surface area contributed by atoms with Crippen molar-refractivity contribution in [2.75, 3.05) is 0 Å². The largest absolute Gasteiger partial charge is 0.426 e. The molecule has 0 fully saturated rings. The van der Waals surface area contributed by atoms with Crippen LogP contribution in [0.25, 0.3) is 0 Å². The van der Waals surface area contributed by atoms with Gasteiger partial charge < -0.3 is 9.47 Å². The molecule has 5 heteroatoms. The molecule has 0 aliphatic carbocycles. The molecule has 126 valence electrons. The zero-order valence-electron chi connectivity index (χ0n) is 13.6. The van der Waals surface area contributed by atoms with Crippen LogP contribution in [0.3, 0.4) is 0 Å². The Kier molecular flexibility index (Phi) is 6.07. The van der Waals surface area contributed by atoms with E-state index < -0.39 is 11.8 Å². The minimum absolute atomic E-state index is 0.131. The SMILES string of the molecule is CCC(CC)C(=O)Oc1ccc(C(=O)Oc2ccc(F)cc2)cc1. The fraction of sp³-hybridized carbons (Fsp3) is 0.263. The van der Waals surface area contributed by atoms with Crippen molar-refractivity contribution in [3.8, 4) is 11.5 Å². The normalized spacial score (nSPS) is 10.5. The van der Waals surface area contributed by atoms with Gasteiger partial charge in [-0.3, -0.25) is 4.79 Å². The number of ether oxygens (including phenoxy) is 2. The van der Waals surface area contributed by atoms with E-state index in [1.165, 1.54) is 36.4 Å². The molecule has 4 nitrogen and oxygen atoms in total. The minimum atomic E-state index is -0.570. The average molecular weight is 330 g/mol. The summed E-state index contributed by atoms with van der Waals surface area (Å²) in [5, 5.41) is 0. The quantitative estimate of drug-likeness (QED) is 0.582. The molecule has 24 heavy (non-hydrogen) atoms. The summed E-state index contributed by atoms with van der Waals surface area (Å²) < 4.78 is 23.2. The summed E-state index contributed by atoms with van der Waals surface area (Å²) >= 11 is 0. The van der Waals surface area contributed by atoms with Crippen LogP contribution in [0.5, 0.6) is 11.5 Å². The number of esters is 2. The van der Waals surface area contributed by atoms with E-state index in [4.69, 9.17) is 9.47 Å². The lowest BCUT2D eigenvalue weighted by Gasteiger charge is -2.11. The van der Waals surface area contributed by atoms with Gasteiger partial charge in [0.2, 0.25) is 0 Å². The van der Waals surface area contributed by atoms with Gasteiger partial charge in [-0.2, -0.15) is 0 Å². The van der Waals surface area contributed by atoms with Crippen LogP contribution in [0.2, 0.25) is 0 Å². The molecule has 0 N–H and O–H groups in total. The number of hydrogen-bond acceptors (Lipinski definition) is 4. The lowest BCUT2D eigenvalue weighted by atomic mass is 10.0. The van der Waals surface area contributed by atoms with Crippen molar-refractivity contribution in [2.24, 2.45) is 5.92 Å². The van der Waals surface area contributed by atoms with E-state index in [0.29, 0.717) is 11.3 Å². The van der Waals surface area contributed by atoms with Gasteiger partial charge in [0.1, 0.15) is 17.3 Å². The Morgan fingerprint density at radius 1 is 0.875 bits per heavy atom. The minimum Gasteiger partial charge on any atom is -0.426 e. The zero-order valence-corrected chi connectivity index (χ0v) is 13.6. The first-order valence-electron chi connectivity index (χ1n) is 7.83. The Morgan fingerprint density at radius 3 is 1.92 bits per heavy atom. The van der Waals surface area contributed by atoms with E-state index in [0.717, 1.165) is 12.8 Å². The fourth-order valence-corrected chi connectivity index (χ4v) is 2.15. The Hall–Kier alpha value is -2.69. The van der Waals surface area contributed by atoms with Gasteiger partial charge >= 0.3 is 11.9 Å². The number of benzene rings is 2. The standard InChI is InChI=1S/C19H19FO4/c1-3-13(4-2)18(21)23-16-9-5-14(6-10-16)19(22)24-17-11-7-15(20)8-12-17/h5-13H,3-4H2,1-2H3. The maximum Gasteiger partial charge on any atom is 0.343 e. The van der Waals surface area contributed by atoms with Gasteiger partial charge in [-0.1, -0.05) is 13.8 Å². The van der Waals surface area contributed by atoms with Crippen LogP contribution in [0.15, 0.2) is 48.5 Å². The molecule has 0 radical (unpaired) electrons. The van der Waals surface area contributed by atoms with E-state index in [1.807, 2.05) is 13.8 Å². The molecule has 2 aromatic carbocycles. The van der Waals surface area contributed by atoms with Crippen molar-refractivity contribution >= 4 is 11.9 Å². The third-order valence-electron chi connectivity index (χ3n) is 3.65. The van der Waals surface area contributed by atoms with Crippen LogP contribution in [0, 0.1) is 11.7 Å². The van der Waals surface area contributed by atoms with Gasteiger partial charge in [-0.15, -0.1) is 0 Å². The van der Waals surface area contributed by atoms with Crippen molar-refractivity contribution in [3.63, 3.8) is 0 Å². The molecule has 0 saturated carbocycles. The van der Waals surface area contributed by atoms with E-state index in [-0.39, 0.29) is 17.6 Å². The monoisotopic (exact) mass is 330 g/mol. The number of rotatable bonds is 6. The summed E-state index contributed by atoms with van der Waals surface area (Å²) in [5.74, 6) is -0.747.